The summed E-state index contributed by atoms with van der Waals surface area (Å²) in [5.41, 5.74) is 1.78. The van der Waals surface area contributed by atoms with E-state index >= 15 is 0 Å². The SMILES string of the molecule is CCN=C(NC#N)Nc1ccc(C=CCC(=O)OC)cc1. The zero-order chi connectivity index (χ0) is 15.5. The van der Waals surface area contributed by atoms with Crippen LogP contribution in [0, 0.1) is 11.5 Å². The van der Waals surface area contributed by atoms with E-state index in [9.17, 15) is 4.79 Å². The molecule has 0 aliphatic heterocycles. The van der Waals surface area contributed by atoms with E-state index in [1.54, 1.807) is 6.08 Å². The standard InChI is InChI=1S/C15H18N4O2/c1-3-17-15(18-11-16)19-13-9-7-12(8-10-13)5-4-6-14(20)21-2/h4-5,7-10H,3,6H2,1-2H3,(H2,17,18,19). The molecule has 0 aliphatic carbocycles. The van der Waals surface area contributed by atoms with E-state index in [1.807, 2.05) is 43.5 Å². The number of hydrogen-bond donors (Lipinski definition) is 2. The summed E-state index contributed by atoms with van der Waals surface area (Å²) in [4.78, 5) is 15.1. The highest BCUT2D eigenvalue weighted by molar-refractivity contribution is 5.94. The van der Waals surface area contributed by atoms with Gasteiger partial charge in [-0.2, -0.15) is 5.26 Å². The fourth-order valence-electron chi connectivity index (χ4n) is 1.51. The van der Waals surface area contributed by atoms with Gasteiger partial charge >= 0.3 is 5.97 Å². The van der Waals surface area contributed by atoms with Crippen LogP contribution in [-0.4, -0.2) is 25.6 Å². The molecule has 6 nitrogen and oxygen atoms in total. The summed E-state index contributed by atoms with van der Waals surface area (Å²) in [5, 5.41) is 14.1. The molecule has 0 fully saturated rings. The lowest BCUT2D eigenvalue weighted by atomic mass is 10.2. The minimum absolute atomic E-state index is 0.246. The van der Waals surface area contributed by atoms with Crippen molar-refractivity contribution in [2.45, 2.75) is 13.3 Å². The van der Waals surface area contributed by atoms with E-state index in [-0.39, 0.29) is 12.4 Å². The predicted molar refractivity (Wildman–Crippen MR) is 82.5 cm³/mol. The average molecular weight is 286 g/mol. The van der Waals surface area contributed by atoms with Crippen LogP contribution in [0.1, 0.15) is 18.9 Å². The second kappa shape index (κ2) is 9.15. The van der Waals surface area contributed by atoms with Crippen LogP contribution >= 0.6 is 0 Å². The molecule has 1 aromatic rings. The number of carbonyl (C=O) groups is 1. The molecule has 0 saturated heterocycles. The van der Waals surface area contributed by atoms with Gasteiger partial charge < -0.3 is 10.1 Å². The number of benzene rings is 1. The molecule has 1 aromatic carbocycles. The van der Waals surface area contributed by atoms with Gasteiger partial charge in [0.1, 0.15) is 0 Å². The smallest absolute Gasteiger partial charge is 0.309 e. The van der Waals surface area contributed by atoms with Crippen LogP contribution in [0.4, 0.5) is 5.69 Å². The lowest BCUT2D eigenvalue weighted by molar-refractivity contribution is -0.139. The van der Waals surface area contributed by atoms with Gasteiger partial charge in [0.15, 0.2) is 6.19 Å². The molecule has 0 spiro atoms. The topological polar surface area (TPSA) is 86.5 Å². The first-order valence-corrected chi connectivity index (χ1v) is 6.49. The molecule has 21 heavy (non-hydrogen) atoms. The van der Waals surface area contributed by atoms with E-state index in [0.29, 0.717) is 12.5 Å². The molecule has 0 unspecified atom stereocenters. The molecular formula is C15H18N4O2. The fraction of sp³-hybridized carbons (Fsp3) is 0.267. The molecule has 1 rings (SSSR count). The lowest BCUT2D eigenvalue weighted by Crippen LogP contribution is -2.26. The van der Waals surface area contributed by atoms with Gasteiger partial charge in [-0.05, 0) is 24.6 Å². The first kappa shape index (κ1) is 16.2. The van der Waals surface area contributed by atoms with Gasteiger partial charge in [0.2, 0.25) is 5.96 Å². The maximum Gasteiger partial charge on any atom is 0.309 e. The van der Waals surface area contributed by atoms with Crippen molar-refractivity contribution < 1.29 is 9.53 Å². The Labute approximate surface area is 124 Å². The highest BCUT2D eigenvalue weighted by Crippen LogP contribution is 2.11. The van der Waals surface area contributed by atoms with Gasteiger partial charge in [0.25, 0.3) is 0 Å². The van der Waals surface area contributed by atoms with Crippen LogP contribution in [0.5, 0.6) is 0 Å². The zero-order valence-electron chi connectivity index (χ0n) is 12.1. The molecule has 110 valence electrons. The Balaban J connectivity index is 2.63. The van der Waals surface area contributed by atoms with Crippen molar-refractivity contribution in [1.29, 1.82) is 5.26 Å². The molecule has 0 amide bonds. The summed E-state index contributed by atoms with van der Waals surface area (Å²) >= 11 is 0. The highest BCUT2D eigenvalue weighted by Gasteiger charge is 1.98. The Hall–Kier alpha value is -2.81. The predicted octanol–water partition coefficient (Wildman–Crippen LogP) is 2.12. The number of rotatable bonds is 5. The van der Waals surface area contributed by atoms with E-state index < -0.39 is 0 Å². The van der Waals surface area contributed by atoms with Crippen molar-refractivity contribution in [1.82, 2.24) is 5.32 Å². The number of hydrogen-bond acceptors (Lipinski definition) is 4. The fourth-order valence-corrected chi connectivity index (χ4v) is 1.51. The summed E-state index contributed by atoms with van der Waals surface area (Å²) < 4.78 is 4.55. The number of nitrogens with one attached hydrogen (secondary N) is 2. The van der Waals surface area contributed by atoms with Gasteiger partial charge in [0.05, 0.1) is 13.5 Å². The van der Waals surface area contributed by atoms with Crippen molar-refractivity contribution >= 4 is 23.7 Å². The minimum atomic E-state index is -0.271. The Morgan fingerprint density at radius 1 is 1.43 bits per heavy atom. The van der Waals surface area contributed by atoms with Crippen LogP contribution in [0.3, 0.4) is 0 Å². The second-order valence-electron chi connectivity index (χ2n) is 3.99. The molecule has 0 aromatic heterocycles. The number of methoxy groups -OCH3 is 1. The monoisotopic (exact) mass is 286 g/mol. The molecule has 2 N–H and O–H groups in total. The number of nitriles is 1. The molecule has 0 atom stereocenters. The van der Waals surface area contributed by atoms with E-state index in [0.717, 1.165) is 11.3 Å². The normalized spacial score (nSPS) is 11.0. The van der Waals surface area contributed by atoms with Crippen LogP contribution in [0.15, 0.2) is 35.3 Å². The lowest BCUT2D eigenvalue weighted by Gasteiger charge is -2.07. The molecule has 0 aliphatic rings. The number of guanidine groups is 1. The molecule has 0 heterocycles. The zero-order valence-corrected chi connectivity index (χ0v) is 12.1. The summed E-state index contributed by atoms with van der Waals surface area (Å²) in [7, 11) is 1.36. The Kier molecular flexibility index (Phi) is 7.08. The third-order valence-electron chi connectivity index (χ3n) is 2.49. The van der Waals surface area contributed by atoms with Gasteiger partial charge in [0, 0.05) is 12.2 Å². The van der Waals surface area contributed by atoms with Crippen molar-refractivity contribution in [2.24, 2.45) is 4.99 Å². The molecule has 0 saturated carbocycles. The first-order valence-electron chi connectivity index (χ1n) is 6.49. The maximum atomic E-state index is 11.0. The minimum Gasteiger partial charge on any atom is -0.469 e. The van der Waals surface area contributed by atoms with E-state index in [1.165, 1.54) is 7.11 Å². The Morgan fingerprint density at radius 2 is 2.14 bits per heavy atom. The third-order valence-corrected chi connectivity index (χ3v) is 2.49. The molecule has 0 bridgehead atoms. The molecule has 6 heteroatoms. The van der Waals surface area contributed by atoms with Crippen LogP contribution in [0.25, 0.3) is 6.08 Å². The van der Waals surface area contributed by atoms with Crippen molar-refractivity contribution in [3.63, 3.8) is 0 Å². The highest BCUT2D eigenvalue weighted by atomic mass is 16.5. The number of ether oxygens (including phenoxy) is 1. The number of carbonyl (C=O) groups excluding carboxylic acids is 1. The van der Waals surface area contributed by atoms with Crippen LogP contribution in [-0.2, 0) is 9.53 Å². The number of anilines is 1. The van der Waals surface area contributed by atoms with Crippen LogP contribution in [0.2, 0.25) is 0 Å². The van der Waals surface area contributed by atoms with Gasteiger partial charge in [-0.1, -0.05) is 24.3 Å². The van der Waals surface area contributed by atoms with E-state index in [4.69, 9.17) is 5.26 Å². The summed E-state index contributed by atoms with van der Waals surface area (Å²) in [6, 6.07) is 7.52. The number of aliphatic imine (C=N–C) groups is 1. The first-order chi connectivity index (χ1) is 10.2. The molecule has 0 radical (unpaired) electrons. The number of nitrogens with zero attached hydrogens (tertiary/aromatic N) is 2. The van der Waals surface area contributed by atoms with Crippen molar-refractivity contribution in [2.75, 3.05) is 19.0 Å². The van der Waals surface area contributed by atoms with Gasteiger partial charge in [-0.25, -0.2) is 0 Å². The summed E-state index contributed by atoms with van der Waals surface area (Å²) in [6.07, 6.45) is 5.66. The summed E-state index contributed by atoms with van der Waals surface area (Å²) in [6.45, 7) is 2.46. The quantitative estimate of drug-likeness (QED) is 0.285. The Morgan fingerprint density at radius 3 is 2.71 bits per heavy atom. The second-order valence-corrected chi connectivity index (χ2v) is 3.99. The van der Waals surface area contributed by atoms with Crippen molar-refractivity contribution in [3.8, 4) is 6.19 Å². The average Bonchev–Trinajstić information content (AvgIpc) is 2.49. The van der Waals surface area contributed by atoms with Gasteiger partial charge in [-0.3, -0.25) is 15.1 Å². The number of esters is 1. The van der Waals surface area contributed by atoms with Gasteiger partial charge in [-0.15, -0.1) is 0 Å². The third kappa shape index (κ3) is 6.25. The molecular weight excluding hydrogens is 268 g/mol. The maximum absolute atomic E-state index is 11.0. The van der Waals surface area contributed by atoms with Crippen LogP contribution < -0.4 is 10.6 Å². The summed E-state index contributed by atoms with van der Waals surface area (Å²) in [5.74, 6) is 0.140. The van der Waals surface area contributed by atoms with E-state index in [2.05, 4.69) is 20.4 Å². The largest absolute Gasteiger partial charge is 0.469 e. The Bertz CT molecular complexity index is 556. The van der Waals surface area contributed by atoms with Crippen molar-refractivity contribution in [3.05, 3.63) is 35.9 Å².